The molecule has 0 spiro atoms. The highest BCUT2D eigenvalue weighted by Gasteiger charge is 2.37. The molecule has 1 saturated heterocycles. The Balaban J connectivity index is 1.68. The Bertz CT molecular complexity index is 1340. The van der Waals surface area contributed by atoms with Gasteiger partial charge in [-0.15, -0.1) is 0 Å². The van der Waals surface area contributed by atoms with E-state index in [-0.39, 0.29) is 34.0 Å². The van der Waals surface area contributed by atoms with Gasteiger partial charge in [-0.05, 0) is 54.6 Å². The predicted octanol–water partition coefficient (Wildman–Crippen LogP) is 3.54. The number of nitrogens with zero attached hydrogens (tertiary/aromatic N) is 2. The lowest BCUT2D eigenvalue weighted by molar-refractivity contribution is -0.384. The number of furan rings is 1. The number of amides is 4. The van der Waals surface area contributed by atoms with Gasteiger partial charge in [-0.2, -0.15) is 0 Å². The van der Waals surface area contributed by atoms with E-state index in [1.165, 1.54) is 56.7 Å². The Morgan fingerprint density at radius 2 is 1.65 bits per heavy atom. The Kier molecular flexibility index (Phi) is 5.83. The van der Waals surface area contributed by atoms with Crippen LogP contribution in [0.5, 0.6) is 11.5 Å². The Morgan fingerprint density at radius 1 is 0.971 bits per heavy atom. The van der Waals surface area contributed by atoms with Gasteiger partial charge in [0.1, 0.15) is 28.6 Å². The van der Waals surface area contributed by atoms with Crippen LogP contribution in [0.25, 0.3) is 17.4 Å². The second-order valence-electron chi connectivity index (χ2n) is 7.00. The third kappa shape index (κ3) is 4.09. The van der Waals surface area contributed by atoms with Gasteiger partial charge in [-0.3, -0.25) is 25.0 Å². The number of hydrogen-bond acceptors (Lipinski definition) is 8. The van der Waals surface area contributed by atoms with Crippen LogP contribution in [0.4, 0.5) is 16.2 Å². The summed E-state index contributed by atoms with van der Waals surface area (Å²) in [6, 6.07) is 12.4. The summed E-state index contributed by atoms with van der Waals surface area (Å²) in [5.74, 6) is -0.690. The number of urea groups is 1. The standard InChI is InChI=1S/C23H17N3O8/c1-32-14-5-3-13(4-6-14)25-22(28)18(21(27)24-23(25)29)11-16-8-10-20(34-16)17-9-7-15(33-2)12-19(17)26(30)31/h3-12H,1-2H3,(H,24,27,29)/b18-11-. The van der Waals surface area contributed by atoms with Crippen LogP contribution in [0, 0.1) is 10.1 Å². The minimum absolute atomic E-state index is 0.0858. The number of rotatable bonds is 6. The van der Waals surface area contributed by atoms with Gasteiger partial charge in [0.2, 0.25) is 0 Å². The third-order valence-corrected chi connectivity index (χ3v) is 5.01. The fraction of sp³-hybridized carbons (Fsp3) is 0.0870. The molecule has 0 aliphatic carbocycles. The second-order valence-corrected chi connectivity index (χ2v) is 7.00. The lowest BCUT2D eigenvalue weighted by atomic mass is 10.1. The molecule has 4 amide bonds. The van der Waals surface area contributed by atoms with Gasteiger partial charge in [0.05, 0.1) is 36.5 Å². The Morgan fingerprint density at radius 3 is 2.29 bits per heavy atom. The Hall–Kier alpha value is -4.93. The summed E-state index contributed by atoms with van der Waals surface area (Å²) in [5, 5.41) is 13.6. The van der Waals surface area contributed by atoms with Gasteiger partial charge in [-0.25, -0.2) is 9.69 Å². The molecule has 0 radical (unpaired) electrons. The molecule has 2 aromatic carbocycles. The SMILES string of the molecule is COc1ccc(N2C(=O)NC(=O)/C(=C/c3ccc(-c4ccc(OC)cc4[N+](=O)[O-])o3)C2=O)cc1. The first kappa shape index (κ1) is 22.3. The van der Waals surface area contributed by atoms with E-state index in [2.05, 4.69) is 5.32 Å². The first-order chi connectivity index (χ1) is 16.3. The van der Waals surface area contributed by atoms with Crippen LogP contribution in [-0.2, 0) is 9.59 Å². The molecule has 34 heavy (non-hydrogen) atoms. The summed E-state index contributed by atoms with van der Waals surface area (Å²) >= 11 is 0. The van der Waals surface area contributed by atoms with Crippen molar-refractivity contribution >= 4 is 35.3 Å². The zero-order valence-corrected chi connectivity index (χ0v) is 17.9. The molecule has 0 saturated carbocycles. The van der Waals surface area contributed by atoms with Crippen molar-refractivity contribution in [1.29, 1.82) is 0 Å². The van der Waals surface area contributed by atoms with Crippen LogP contribution in [0.2, 0.25) is 0 Å². The molecule has 0 unspecified atom stereocenters. The van der Waals surface area contributed by atoms with Crippen molar-refractivity contribution in [3.63, 3.8) is 0 Å². The number of barbiturate groups is 1. The van der Waals surface area contributed by atoms with Crippen molar-refractivity contribution in [2.45, 2.75) is 0 Å². The molecule has 11 nitrogen and oxygen atoms in total. The molecular weight excluding hydrogens is 446 g/mol. The van der Waals surface area contributed by atoms with Crippen LogP contribution >= 0.6 is 0 Å². The van der Waals surface area contributed by atoms with Gasteiger partial charge in [0.15, 0.2) is 0 Å². The van der Waals surface area contributed by atoms with E-state index in [0.717, 1.165) is 4.90 Å². The number of nitrogens with one attached hydrogen (secondary N) is 1. The maximum atomic E-state index is 13.0. The molecule has 0 atom stereocenters. The van der Waals surface area contributed by atoms with Crippen molar-refractivity contribution in [3.8, 4) is 22.8 Å². The van der Waals surface area contributed by atoms with Crippen LogP contribution in [0.15, 0.2) is 64.6 Å². The normalized spacial score (nSPS) is 14.8. The lowest BCUT2D eigenvalue weighted by Gasteiger charge is -2.26. The van der Waals surface area contributed by atoms with E-state index in [1.807, 2.05) is 0 Å². The molecule has 1 N–H and O–H groups in total. The number of carbonyl (C=O) groups is 3. The summed E-state index contributed by atoms with van der Waals surface area (Å²) in [4.78, 5) is 49.4. The first-order valence-corrected chi connectivity index (χ1v) is 9.80. The van der Waals surface area contributed by atoms with Gasteiger partial charge >= 0.3 is 6.03 Å². The average Bonchev–Trinajstić information content (AvgIpc) is 3.30. The number of benzene rings is 2. The van der Waals surface area contributed by atoms with E-state index in [0.29, 0.717) is 11.5 Å². The number of carbonyl (C=O) groups excluding carboxylic acids is 3. The van der Waals surface area contributed by atoms with Gasteiger partial charge in [-0.1, -0.05) is 0 Å². The third-order valence-electron chi connectivity index (χ3n) is 5.01. The van der Waals surface area contributed by atoms with Gasteiger partial charge < -0.3 is 13.9 Å². The topological polar surface area (TPSA) is 141 Å². The molecule has 1 aliphatic heterocycles. The molecular formula is C23H17N3O8. The first-order valence-electron chi connectivity index (χ1n) is 9.80. The quantitative estimate of drug-likeness (QED) is 0.253. The predicted molar refractivity (Wildman–Crippen MR) is 119 cm³/mol. The van der Waals surface area contributed by atoms with Crippen molar-refractivity contribution in [2.24, 2.45) is 0 Å². The fourth-order valence-corrected chi connectivity index (χ4v) is 3.34. The van der Waals surface area contributed by atoms with Gasteiger partial charge in [0, 0.05) is 0 Å². The number of anilines is 1. The summed E-state index contributed by atoms with van der Waals surface area (Å²) in [5.41, 5.74) is -0.170. The Labute approximate surface area is 192 Å². The number of ether oxygens (including phenoxy) is 2. The van der Waals surface area contributed by atoms with Crippen molar-refractivity contribution in [1.82, 2.24) is 5.32 Å². The molecule has 1 aliphatic rings. The van der Waals surface area contributed by atoms with Crippen molar-refractivity contribution in [3.05, 3.63) is 76.0 Å². The van der Waals surface area contributed by atoms with E-state index in [4.69, 9.17) is 13.9 Å². The van der Waals surface area contributed by atoms with Crippen molar-refractivity contribution in [2.75, 3.05) is 19.1 Å². The molecule has 2 heterocycles. The summed E-state index contributed by atoms with van der Waals surface area (Å²) in [6.07, 6.45) is 1.17. The molecule has 3 aromatic rings. The van der Waals surface area contributed by atoms with E-state index < -0.39 is 22.8 Å². The monoisotopic (exact) mass is 463 g/mol. The zero-order chi connectivity index (χ0) is 24.4. The number of nitro groups is 1. The maximum Gasteiger partial charge on any atom is 0.335 e. The maximum absolute atomic E-state index is 13.0. The second kappa shape index (κ2) is 8.90. The molecule has 0 bridgehead atoms. The largest absolute Gasteiger partial charge is 0.497 e. The van der Waals surface area contributed by atoms with Crippen LogP contribution in [0.3, 0.4) is 0 Å². The molecule has 1 fully saturated rings. The minimum Gasteiger partial charge on any atom is -0.497 e. The smallest absolute Gasteiger partial charge is 0.335 e. The zero-order valence-electron chi connectivity index (χ0n) is 17.9. The van der Waals surface area contributed by atoms with Crippen LogP contribution < -0.4 is 19.7 Å². The number of hydrogen-bond donors (Lipinski definition) is 1. The number of imide groups is 2. The summed E-state index contributed by atoms with van der Waals surface area (Å²) in [7, 11) is 2.87. The number of methoxy groups -OCH3 is 2. The fourth-order valence-electron chi connectivity index (χ4n) is 3.34. The van der Waals surface area contributed by atoms with Crippen LogP contribution in [0.1, 0.15) is 5.76 Å². The highest BCUT2D eigenvalue weighted by molar-refractivity contribution is 6.39. The van der Waals surface area contributed by atoms with E-state index >= 15 is 0 Å². The molecule has 172 valence electrons. The van der Waals surface area contributed by atoms with E-state index in [1.54, 1.807) is 18.2 Å². The summed E-state index contributed by atoms with van der Waals surface area (Å²) in [6.45, 7) is 0. The lowest BCUT2D eigenvalue weighted by Crippen LogP contribution is -2.54. The minimum atomic E-state index is -0.897. The summed E-state index contributed by atoms with van der Waals surface area (Å²) < 4.78 is 15.8. The molecule has 4 rings (SSSR count). The average molecular weight is 463 g/mol. The highest BCUT2D eigenvalue weighted by Crippen LogP contribution is 2.34. The van der Waals surface area contributed by atoms with Gasteiger partial charge in [0.25, 0.3) is 17.5 Å². The molecule has 11 heteroatoms. The molecule has 1 aromatic heterocycles. The highest BCUT2D eigenvalue weighted by atomic mass is 16.6. The number of nitro benzene ring substituents is 1. The van der Waals surface area contributed by atoms with Crippen molar-refractivity contribution < 1.29 is 33.2 Å². The van der Waals surface area contributed by atoms with E-state index in [9.17, 15) is 24.5 Å². The van der Waals surface area contributed by atoms with Crippen LogP contribution in [-0.4, -0.2) is 37.0 Å².